The number of carbonyl (C=O) groups excluding carboxylic acids is 1. The number of piperidine rings is 1. The van der Waals surface area contributed by atoms with Gasteiger partial charge in [-0.3, -0.25) is 4.68 Å². The number of carboxylic acids is 1. The maximum atomic E-state index is 12.2. The Morgan fingerprint density at radius 2 is 1.93 bits per heavy atom. The number of fused-ring (bicyclic) bond motifs is 1. The molecule has 1 aromatic heterocycles. The molecule has 1 amide bonds. The van der Waals surface area contributed by atoms with Crippen molar-refractivity contribution in [2.24, 2.45) is 5.92 Å². The van der Waals surface area contributed by atoms with Crippen LogP contribution in [-0.4, -0.2) is 50.5 Å². The molecular formula is C20H27N3O4. The van der Waals surface area contributed by atoms with Crippen molar-refractivity contribution in [3.8, 4) is 0 Å². The number of hydrogen-bond donors (Lipinski definition) is 1. The minimum Gasteiger partial charge on any atom is -0.478 e. The van der Waals surface area contributed by atoms with Gasteiger partial charge in [-0.15, -0.1) is 0 Å². The van der Waals surface area contributed by atoms with E-state index in [1.807, 2.05) is 38.4 Å². The highest BCUT2D eigenvalue weighted by atomic mass is 16.6. The van der Waals surface area contributed by atoms with E-state index >= 15 is 0 Å². The lowest BCUT2D eigenvalue weighted by molar-refractivity contribution is 0.0177. The summed E-state index contributed by atoms with van der Waals surface area (Å²) in [7, 11) is 0. The zero-order chi connectivity index (χ0) is 19.8. The third-order valence-corrected chi connectivity index (χ3v) is 4.88. The highest BCUT2D eigenvalue weighted by Crippen LogP contribution is 2.25. The quantitative estimate of drug-likeness (QED) is 0.887. The van der Waals surface area contributed by atoms with Gasteiger partial charge in [-0.05, 0) is 58.6 Å². The van der Waals surface area contributed by atoms with Gasteiger partial charge in [0.25, 0.3) is 0 Å². The van der Waals surface area contributed by atoms with E-state index in [1.54, 1.807) is 17.0 Å². The number of amides is 1. The van der Waals surface area contributed by atoms with Gasteiger partial charge in [-0.25, -0.2) is 9.59 Å². The van der Waals surface area contributed by atoms with E-state index in [-0.39, 0.29) is 11.7 Å². The van der Waals surface area contributed by atoms with Gasteiger partial charge in [0, 0.05) is 25.0 Å². The number of rotatable bonds is 3. The average Bonchev–Trinajstić information content (AvgIpc) is 2.89. The molecule has 0 atom stereocenters. The van der Waals surface area contributed by atoms with Gasteiger partial charge in [-0.2, -0.15) is 5.10 Å². The lowest BCUT2D eigenvalue weighted by Gasteiger charge is -2.33. The summed E-state index contributed by atoms with van der Waals surface area (Å²) in [5.41, 5.74) is 1.53. The molecule has 1 aliphatic heterocycles. The van der Waals surface area contributed by atoms with E-state index in [9.17, 15) is 14.7 Å². The second-order valence-corrected chi connectivity index (χ2v) is 8.22. The summed E-state index contributed by atoms with van der Waals surface area (Å²) in [5.74, 6) is -0.548. The topological polar surface area (TPSA) is 84.7 Å². The molecule has 146 valence electrons. The van der Waals surface area contributed by atoms with Crippen LogP contribution in [0.15, 0.2) is 18.2 Å². The molecule has 3 rings (SSSR count). The minimum absolute atomic E-state index is 0.257. The Balaban J connectivity index is 1.68. The first-order valence-electron chi connectivity index (χ1n) is 9.32. The number of ether oxygens (including phenoxy) is 1. The van der Waals surface area contributed by atoms with Crippen molar-refractivity contribution in [1.29, 1.82) is 0 Å². The molecule has 1 aliphatic rings. The number of aromatic carboxylic acids is 1. The molecule has 0 saturated carbocycles. The SMILES string of the molecule is Cc1nn(CC2CCN(C(=O)OC(C)(C)C)CC2)c2cc(C(=O)O)ccc12. The highest BCUT2D eigenvalue weighted by molar-refractivity contribution is 5.93. The van der Waals surface area contributed by atoms with E-state index in [0.717, 1.165) is 36.0 Å². The fraction of sp³-hybridized carbons (Fsp3) is 0.550. The van der Waals surface area contributed by atoms with Gasteiger partial charge in [0.1, 0.15) is 5.60 Å². The van der Waals surface area contributed by atoms with Gasteiger partial charge in [0.15, 0.2) is 0 Å². The van der Waals surface area contributed by atoms with Crippen molar-refractivity contribution < 1.29 is 19.4 Å². The molecule has 1 fully saturated rings. The first-order chi connectivity index (χ1) is 12.6. The first kappa shape index (κ1) is 19.2. The number of carboxylic acid groups (broad SMARTS) is 1. The highest BCUT2D eigenvalue weighted by Gasteiger charge is 2.27. The Hall–Kier alpha value is -2.57. The summed E-state index contributed by atoms with van der Waals surface area (Å²) in [5, 5.41) is 14.8. The molecule has 0 unspecified atom stereocenters. The van der Waals surface area contributed by atoms with Crippen LogP contribution >= 0.6 is 0 Å². The third-order valence-electron chi connectivity index (χ3n) is 4.88. The number of aromatic nitrogens is 2. The Morgan fingerprint density at radius 3 is 2.52 bits per heavy atom. The minimum atomic E-state index is -0.937. The summed E-state index contributed by atoms with van der Waals surface area (Å²) >= 11 is 0. The Morgan fingerprint density at radius 1 is 1.26 bits per heavy atom. The first-order valence-corrected chi connectivity index (χ1v) is 9.32. The summed E-state index contributed by atoms with van der Waals surface area (Å²) in [4.78, 5) is 25.2. The van der Waals surface area contributed by atoms with Crippen LogP contribution < -0.4 is 0 Å². The van der Waals surface area contributed by atoms with E-state index < -0.39 is 11.6 Å². The summed E-state index contributed by atoms with van der Waals surface area (Å²) in [6, 6.07) is 5.12. The predicted molar refractivity (Wildman–Crippen MR) is 102 cm³/mol. The van der Waals surface area contributed by atoms with Gasteiger partial charge < -0.3 is 14.7 Å². The normalized spacial score (nSPS) is 15.9. The molecule has 0 bridgehead atoms. The Bertz CT molecular complexity index is 858. The lowest BCUT2D eigenvalue weighted by atomic mass is 9.97. The maximum absolute atomic E-state index is 12.2. The van der Waals surface area contributed by atoms with E-state index in [2.05, 4.69) is 5.10 Å². The van der Waals surface area contributed by atoms with Gasteiger partial charge >= 0.3 is 12.1 Å². The van der Waals surface area contributed by atoms with Crippen molar-refractivity contribution in [1.82, 2.24) is 14.7 Å². The van der Waals surface area contributed by atoms with Crippen molar-refractivity contribution in [3.05, 3.63) is 29.5 Å². The van der Waals surface area contributed by atoms with Crippen LogP contribution in [0.5, 0.6) is 0 Å². The molecule has 1 saturated heterocycles. The van der Waals surface area contributed by atoms with Crippen LogP contribution in [0.3, 0.4) is 0 Å². The van der Waals surface area contributed by atoms with Crippen LogP contribution in [0.25, 0.3) is 10.9 Å². The maximum Gasteiger partial charge on any atom is 0.410 e. The lowest BCUT2D eigenvalue weighted by Crippen LogP contribution is -2.42. The van der Waals surface area contributed by atoms with E-state index in [1.165, 1.54) is 0 Å². The van der Waals surface area contributed by atoms with Crippen LogP contribution in [0.1, 0.15) is 49.7 Å². The zero-order valence-electron chi connectivity index (χ0n) is 16.4. The molecular weight excluding hydrogens is 346 g/mol. The molecule has 27 heavy (non-hydrogen) atoms. The number of carbonyl (C=O) groups is 2. The molecule has 2 aromatic rings. The van der Waals surface area contributed by atoms with Crippen LogP contribution in [0.4, 0.5) is 4.79 Å². The second kappa shape index (κ2) is 7.21. The molecule has 7 nitrogen and oxygen atoms in total. The predicted octanol–water partition coefficient (Wildman–Crippen LogP) is 3.69. The van der Waals surface area contributed by atoms with Crippen molar-refractivity contribution in [3.63, 3.8) is 0 Å². The molecule has 0 aliphatic carbocycles. The van der Waals surface area contributed by atoms with Gasteiger partial charge in [-0.1, -0.05) is 6.07 Å². The standard InChI is InChI=1S/C20H27N3O4/c1-13-16-6-5-15(18(24)25)11-17(16)23(21-13)12-14-7-9-22(10-8-14)19(26)27-20(2,3)4/h5-6,11,14H,7-10,12H2,1-4H3,(H,24,25). The smallest absolute Gasteiger partial charge is 0.410 e. The van der Waals surface area contributed by atoms with Crippen molar-refractivity contribution in [2.75, 3.05) is 13.1 Å². The number of likely N-dealkylation sites (tertiary alicyclic amines) is 1. The number of nitrogens with zero attached hydrogens (tertiary/aromatic N) is 3. The van der Waals surface area contributed by atoms with E-state index in [4.69, 9.17) is 4.74 Å². The van der Waals surface area contributed by atoms with Crippen LogP contribution in [0, 0.1) is 12.8 Å². The molecule has 0 spiro atoms. The van der Waals surface area contributed by atoms with E-state index in [0.29, 0.717) is 19.0 Å². The molecule has 0 radical (unpaired) electrons. The third kappa shape index (κ3) is 4.40. The van der Waals surface area contributed by atoms with Crippen LogP contribution in [-0.2, 0) is 11.3 Å². The van der Waals surface area contributed by atoms with Crippen molar-refractivity contribution >= 4 is 23.0 Å². The number of aryl methyl sites for hydroxylation is 1. The van der Waals surface area contributed by atoms with Gasteiger partial charge in [0.2, 0.25) is 0 Å². The monoisotopic (exact) mass is 373 g/mol. The molecule has 7 heteroatoms. The summed E-state index contributed by atoms with van der Waals surface area (Å²) in [6.45, 7) is 9.59. The second-order valence-electron chi connectivity index (χ2n) is 8.22. The summed E-state index contributed by atoms with van der Waals surface area (Å²) in [6.07, 6.45) is 1.49. The van der Waals surface area contributed by atoms with Crippen LogP contribution in [0.2, 0.25) is 0 Å². The Kier molecular flexibility index (Phi) is 5.13. The molecule has 2 heterocycles. The zero-order valence-corrected chi connectivity index (χ0v) is 16.4. The Labute approximate surface area is 158 Å². The van der Waals surface area contributed by atoms with Gasteiger partial charge in [0.05, 0.1) is 16.8 Å². The number of benzene rings is 1. The molecule has 1 aromatic carbocycles. The fourth-order valence-corrected chi connectivity index (χ4v) is 3.48. The fourth-order valence-electron chi connectivity index (χ4n) is 3.48. The average molecular weight is 373 g/mol. The largest absolute Gasteiger partial charge is 0.478 e. The molecule has 1 N–H and O–H groups in total. The summed E-state index contributed by atoms with van der Waals surface area (Å²) < 4.78 is 7.35. The van der Waals surface area contributed by atoms with Crippen molar-refractivity contribution in [2.45, 2.75) is 52.7 Å². The number of hydrogen-bond acceptors (Lipinski definition) is 4.